The predicted octanol–water partition coefficient (Wildman–Crippen LogP) is 4.05. The van der Waals surface area contributed by atoms with E-state index in [1.54, 1.807) is 17.5 Å². The minimum atomic E-state index is 0.687. The van der Waals surface area contributed by atoms with Gasteiger partial charge in [-0.3, -0.25) is 0 Å². The van der Waals surface area contributed by atoms with E-state index in [9.17, 15) is 0 Å². The van der Waals surface area contributed by atoms with Crippen molar-refractivity contribution in [1.82, 2.24) is 9.55 Å². The maximum absolute atomic E-state index is 6.00. The van der Waals surface area contributed by atoms with Crippen molar-refractivity contribution >= 4 is 38.9 Å². The topological polar surface area (TPSA) is 17.8 Å². The highest BCUT2D eigenvalue weighted by Crippen LogP contribution is 2.31. The van der Waals surface area contributed by atoms with Crippen LogP contribution in [0, 0.1) is 0 Å². The van der Waals surface area contributed by atoms with Crippen molar-refractivity contribution in [3.8, 4) is 10.7 Å². The van der Waals surface area contributed by atoms with E-state index in [1.807, 2.05) is 16.7 Å². The van der Waals surface area contributed by atoms with E-state index in [-0.39, 0.29) is 0 Å². The Labute approximate surface area is 99.7 Å². The molecule has 2 heterocycles. The summed E-state index contributed by atoms with van der Waals surface area (Å²) in [6.45, 7) is 2.89. The molecule has 0 aliphatic heterocycles. The first-order valence-corrected chi connectivity index (χ1v) is 6.18. The van der Waals surface area contributed by atoms with Gasteiger partial charge >= 0.3 is 0 Å². The van der Waals surface area contributed by atoms with Gasteiger partial charge in [-0.15, -0.1) is 11.3 Å². The molecule has 2 rings (SSSR count). The summed E-state index contributed by atoms with van der Waals surface area (Å²) < 4.78 is 3.09. The molecule has 2 aromatic heterocycles. The van der Waals surface area contributed by atoms with Crippen molar-refractivity contribution in [2.45, 2.75) is 13.5 Å². The Balaban J connectivity index is 2.51. The third-order valence-electron chi connectivity index (χ3n) is 1.92. The summed E-state index contributed by atoms with van der Waals surface area (Å²) in [5, 5.41) is 0.687. The van der Waals surface area contributed by atoms with Crippen LogP contribution in [0.15, 0.2) is 22.1 Å². The van der Waals surface area contributed by atoms with E-state index >= 15 is 0 Å². The van der Waals surface area contributed by atoms with Crippen LogP contribution >= 0.6 is 38.9 Å². The molecule has 0 spiro atoms. The van der Waals surface area contributed by atoms with E-state index in [2.05, 4.69) is 27.8 Å². The van der Waals surface area contributed by atoms with Crippen molar-refractivity contribution in [3.05, 3.63) is 27.3 Å². The summed E-state index contributed by atoms with van der Waals surface area (Å²) in [6, 6.07) is 4.06. The van der Waals surface area contributed by atoms with Crippen molar-refractivity contribution in [2.75, 3.05) is 0 Å². The number of imidazole rings is 1. The number of rotatable bonds is 2. The average molecular weight is 292 g/mol. The maximum Gasteiger partial charge on any atom is 0.151 e. The Kier molecular flexibility index (Phi) is 2.95. The summed E-state index contributed by atoms with van der Waals surface area (Å²) >= 11 is 11.1. The largest absolute Gasteiger partial charge is 0.315 e. The van der Waals surface area contributed by atoms with Crippen LogP contribution in [-0.2, 0) is 6.54 Å². The first-order chi connectivity index (χ1) is 6.72. The van der Waals surface area contributed by atoms with Gasteiger partial charge in [0.1, 0.15) is 5.15 Å². The Morgan fingerprint density at radius 2 is 2.36 bits per heavy atom. The van der Waals surface area contributed by atoms with Crippen molar-refractivity contribution in [3.63, 3.8) is 0 Å². The molecule has 5 heteroatoms. The van der Waals surface area contributed by atoms with E-state index in [1.165, 1.54) is 0 Å². The molecular weight excluding hydrogens is 284 g/mol. The maximum atomic E-state index is 6.00. The van der Waals surface area contributed by atoms with Gasteiger partial charge in [-0.25, -0.2) is 4.98 Å². The standard InChI is InChI=1S/C9H8BrClN2S/c1-2-13-8(11)5-12-9(13)6-3-4-7(10)14-6/h3-5H,2H2,1H3. The van der Waals surface area contributed by atoms with Crippen LogP contribution in [0.1, 0.15) is 6.92 Å². The lowest BCUT2D eigenvalue weighted by atomic mass is 10.4. The van der Waals surface area contributed by atoms with Gasteiger partial charge in [-0.05, 0) is 35.0 Å². The fourth-order valence-electron chi connectivity index (χ4n) is 1.29. The smallest absolute Gasteiger partial charge is 0.151 e. The number of hydrogen-bond acceptors (Lipinski definition) is 2. The number of aromatic nitrogens is 2. The summed E-state index contributed by atoms with van der Waals surface area (Å²) in [7, 11) is 0. The average Bonchev–Trinajstić information content (AvgIpc) is 2.71. The van der Waals surface area contributed by atoms with Gasteiger partial charge in [0.15, 0.2) is 5.82 Å². The monoisotopic (exact) mass is 290 g/mol. The van der Waals surface area contributed by atoms with Crippen LogP contribution < -0.4 is 0 Å². The lowest BCUT2D eigenvalue weighted by molar-refractivity contribution is 0.773. The molecule has 0 aliphatic rings. The molecule has 0 radical (unpaired) electrons. The normalized spacial score (nSPS) is 10.8. The van der Waals surface area contributed by atoms with Gasteiger partial charge < -0.3 is 4.57 Å². The van der Waals surface area contributed by atoms with E-state index in [4.69, 9.17) is 11.6 Å². The van der Waals surface area contributed by atoms with Crippen molar-refractivity contribution in [1.29, 1.82) is 0 Å². The first kappa shape index (κ1) is 10.2. The van der Waals surface area contributed by atoms with Crippen LogP contribution in [0.2, 0.25) is 5.15 Å². The van der Waals surface area contributed by atoms with Crippen LogP contribution in [-0.4, -0.2) is 9.55 Å². The molecule has 0 N–H and O–H groups in total. The van der Waals surface area contributed by atoms with Gasteiger partial charge in [-0.1, -0.05) is 11.6 Å². The fourth-order valence-corrected chi connectivity index (χ4v) is 2.93. The summed E-state index contributed by atoms with van der Waals surface area (Å²) in [5.74, 6) is 0.938. The summed E-state index contributed by atoms with van der Waals surface area (Å²) in [6.07, 6.45) is 1.69. The number of halogens is 2. The third kappa shape index (κ3) is 1.74. The Bertz CT molecular complexity index is 449. The molecule has 0 fully saturated rings. The Hall–Kier alpha value is -0.320. The predicted molar refractivity (Wildman–Crippen MR) is 63.9 cm³/mol. The molecule has 74 valence electrons. The molecule has 0 amide bonds. The second kappa shape index (κ2) is 4.04. The van der Waals surface area contributed by atoms with Gasteiger partial charge in [0, 0.05) is 6.54 Å². The minimum absolute atomic E-state index is 0.687. The van der Waals surface area contributed by atoms with Crippen LogP contribution in [0.4, 0.5) is 0 Å². The molecular formula is C9H8BrClN2S. The molecule has 0 unspecified atom stereocenters. The van der Waals surface area contributed by atoms with Crippen LogP contribution in [0.25, 0.3) is 10.7 Å². The lowest BCUT2D eigenvalue weighted by Gasteiger charge is -2.02. The van der Waals surface area contributed by atoms with Crippen molar-refractivity contribution < 1.29 is 0 Å². The van der Waals surface area contributed by atoms with Gasteiger partial charge in [-0.2, -0.15) is 0 Å². The minimum Gasteiger partial charge on any atom is -0.315 e. The van der Waals surface area contributed by atoms with E-state index in [0.717, 1.165) is 21.0 Å². The first-order valence-electron chi connectivity index (χ1n) is 4.19. The fraction of sp³-hybridized carbons (Fsp3) is 0.222. The van der Waals surface area contributed by atoms with E-state index < -0.39 is 0 Å². The quantitative estimate of drug-likeness (QED) is 0.816. The zero-order valence-electron chi connectivity index (χ0n) is 7.50. The molecule has 0 saturated carbocycles. The molecule has 0 aliphatic carbocycles. The Morgan fingerprint density at radius 1 is 1.57 bits per heavy atom. The zero-order chi connectivity index (χ0) is 10.1. The second-order valence-corrected chi connectivity index (χ2v) is 5.60. The van der Waals surface area contributed by atoms with Crippen LogP contribution in [0.3, 0.4) is 0 Å². The lowest BCUT2D eigenvalue weighted by Crippen LogP contribution is -1.96. The van der Waals surface area contributed by atoms with Gasteiger partial charge in [0.25, 0.3) is 0 Å². The summed E-state index contributed by atoms with van der Waals surface area (Å²) in [4.78, 5) is 5.42. The van der Waals surface area contributed by atoms with E-state index in [0.29, 0.717) is 5.15 Å². The second-order valence-electron chi connectivity index (χ2n) is 2.75. The number of thiophene rings is 1. The molecule has 0 saturated heterocycles. The SMILES string of the molecule is CCn1c(Cl)cnc1-c1ccc(Br)s1. The molecule has 2 aromatic rings. The van der Waals surface area contributed by atoms with Gasteiger partial charge in [0.2, 0.25) is 0 Å². The van der Waals surface area contributed by atoms with Gasteiger partial charge in [0.05, 0.1) is 14.9 Å². The van der Waals surface area contributed by atoms with Crippen molar-refractivity contribution in [2.24, 2.45) is 0 Å². The molecule has 14 heavy (non-hydrogen) atoms. The number of hydrogen-bond donors (Lipinski definition) is 0. The Morgan fingerprint density at radius 3 is 2.93 bits per heavy atom. The highest BCUT2D eigenvalue weighted by atomic mass is 79.9. The molecule has 0 bridgehead atoms. The third-order valence-corrected chi connectivity index (χ3v) is 3.84. The molecule has 0 atom stereocenters. The number of nitrogens with zero attached hydrogens (tertiary/aromatic N) is 2. The zero-order valence-corrected chi connectivity index (χ0v) is 10.7. The highest BCUT2D eigenvalue weighted by molar-refractivity contribution is 9.11. The molecule has 0 aromatic carbocycles. The van der Waals surface area contributed by atoms with Crippen LogP contribution in [0.5, 0.6) is 0 Å². The highest BCUT2D eigenvalue weighted by Gasteiger charge is 2.10. The molecule has 2 nitrogen and oxygen atoms in total. The summed E-state index contributed by atoms with van der Waals surface area (Å²) in [5.41, 5.74) is 0.